The largest absolute Gasteiger partial charge is 0.325 e. The second kappa shape index (κ2) is 5.21. The van der Waals surface area contributed by atoms with Gasteiger partial charge in [0.1, 0.15) is 5.54 Å². The number of hydrogen-bond acceptors (Lipinski definition) is 2. The smallest absolute Gasteiger partial charge is 0.305 e. The molecule has 1 aliphatic heterocycles. The highest BCUT2D eigenvalue weighted by Gasteiger charge is 2.49. The quantitative estimate of drug-likeness (QED) is 0.862. The van der Waals surface area contributed by atoms with Crippen LogP contribution < -0.4 is 5.32 Å². The van der Waals surface area contributed by atoms with Crippen LogP contribution in [0.25, 0.3) is 0 Å². The molecule has 4 nitrogen and oxygen atoms in total. The molecule has 0 aliphatic carbocycles. The number of carbonyl (C=O) groups is 2. The standard InChI is InChI=1S/C14H17ClN2O2/c1-3-14(4-2)12(18)16-13(19)17(14)9-10-5-7-11(15)8-6-10/h5-8H,3-4,9H2,1-2H3,(H,16,18,19). The topological polar surface area (TPSA) is 49.4 Å². The molecule has 0 bridgehead atoms. The highest BCUT2D eigenvalue weighted by molar-refractivity contribution is 6.30. The van der Waals surface area contributed by atoms with E-state index in [1.54, 1.807) is 17.0 Å². The summed E-state index contributed by atoms with van der Waals surface area (Å²) < 4.78 is 0. The fourth-order valence-corrected chi connectivity index (χ4v) is 2.67. The molecule has 1 N–H and O–H groups in total. The van der Waals surface area contributed by atoms with E-state index in [9.17, 15) is 9.59 Å². The Morgan fingerprint density at radius 1 is 1.16 bits per heavy atom. The monoisotopic (exact) mass is 280 g/mol. The van der Waals surface area contributed by atoms with Gasteiger partial charge in [0.2, 0.25) is 0 Å². The van der Waals surface area contributed by atoms with Gasteiger partial charge in [-0.15, -0.1) is 0 Å². The maximum atomic E-state index is 12.0. The molecule has 19 heavy (non-hydrogen) atoms. The predicted octanol–water partition coefficient (Wildman–Crippen LogP) is 2.95. The van der Waals surface area contributed by atoms with Crippen LogP contribution in [0.2, 0.25) is 5.02 Å². The van der Waals surface area contributed by atoms with E-state index in [4.69, 9.17) is 11.6 Å². The van der Waals surface area contributed by atoms with Crippen LogP contribution in [0.1, 0.15) is 32.3 Å². The third-order valence-corrected chi connectivity index (χ3v) is 4.08. The van der Waals surface area contributed by atoms with Crippen molar-refractivity contribution < 1.29 is 9.59 Å². The highest BCUT2D eigenvalue weighted by atomic mass is 35.5. The minimum Gasteiger partial charge on any atom is -0.305 e. The van der Waals surface area contributed by atoms with Gasteiger partial charge in [0.05, 0.1) is 0 Å². The maximum absolute atomic E-state index is 12.0. The van der Waals surface area contributed by atoms with Crippen LogP contribution >= 0.6 is 11.6 Å². The summed E-state index contributed by atoms with van der Waals surface area (Å²) in [5, 5.41) is 3.07. The van der Waals surface area contributed by atoms with E-state index in [-0.39, 0.29) is 11.9 Å². The van der Waals surface area contributed by atoms with Crippen LogP contribution in [-0.4, -0.2) is 22.4 Å². The molecule has 0 atom stereocenters. The Kier molecular flexibility index (Phi) is 3.80. The Bertz CT molecular complexity index is 495. The first-order valence-electron chi connectivity index (χ1n) is 6.41. The Morgan fingerprint density at radius 3 is 2.26 bits per heavy atom. The molecule has 1 aromatic rings. The van der Waals surface area contributed by atoms with Crippen LogP contribution in [0.5, 0.6) is 0 Å². The zero-order chi connectivity index (χ0) is 14.0. The lowest BCUT2D eigenvalue weighted by atomic mass is 9.91. The van der Waals surface area contributed by atoms with Gasteiger partial charge in [0, 0.05) is 11.6 Å². The third kappa shape index (κ3) is 2.32. The van der Waals surface area contributed by atoms with Crippen LogP contribution in [0.3, 0.4) is 0 Å². The average Bonchev–Trinajstić information content (AvgIpc) is 2.64. The SMILES string of the molecule is CCC1(CC)C(=O)NC(=O)N1Cc1ccc(Cl)cc1. The van der Waals surface area contributed by atoms with Gasteiger partial charge in [-0.3, -0.25) is 10.1 Å². The van der Waals surface area contributed by atoms with Crippen molar-refractivity contribution in [2.45, 2.75) is 38.8 Å². The molecule has 102 valence electrons. The van der Waals surface area contributed by atoms with E-state index in [0.29, 0.717) is 24.4 Å². The summed E-state index contributed by atoms with van der Waals surface area (Å²) in [6.45, 7) is 4.27. The zero-order valence-electron chi connectivity index (χ0n) is 11.1. The molecule has 1 aliphatic rings. The number of rotatable bonds is 4. The zero-order valence-corrected chi connectivity index (χ0v) is 11.8. The van der Waals surface area contributed by atoms with Crippen molar-refractivity contribution in [3.8, 4) is 0 Å². The molecule has 5 heteroatoms. The predicted molar refractivity (Wildman–Crippen MR) is 73.8 cm³/mol. The molecule has 0 saturated carbocycles. The number of benzene rings is 1. The highest BCUT2D eigenvalue weighted by Crippen LogP contribution is 2.30. The Morgan fingerprint density at radius 2 is 1.74 bits per heavy atom. The van der Waals surface area contributed by atoms with Crippen molar-refractivity contribution in [2.75, 3.05) is 0 Å². The van der Waals surface area contributed by atoms with Crippen molar-refractivity contribution in [3.63, 3.8) is 0 Å². The second-order valence-corrected chi connectivity index (χ2v) is 5.15. The van der Waals surface area contributed by atoms with Crippen molar-refractivity contribution in [2.24, 2.45) is 0 Å². The van der Waals surface area contributed by atoms with Gasteiger partial charge >= 0.3 is 6.03 Å². The van der Waals surface area contributed by atoms with Crippen molar-refractivity contribution >= 4 is 23.5 Å². The summed E-state index contributed by atoms with van der Waals surface area (Å²) in [5.41, 5.74) is 0.233. The third-order valence-electron chi connectivity index (χ3n) is 3.83. The molecule has 0 radical (unpaired) electrons. The van der Waals surface area contributed by atoms with E-state index in [0.717, 1.165) is 5.56 Å². The number of amides is 3. The van der Waals surface area contributed by atoms with E-state index < -0.39 is 5.54 Å². The average molecular weight is 281 g/mol. The molecule has 0 unspecified atom stereocenters. The summed E-state index contributed by atoms with van der Waals surface area (Å²) in [6, 6.07) is 6.99. The van der Waals surface area contributed by atoms with Gasteiger partial charge < -0.3 is 4.90 Å². The molecular weight excluding hydrogens is 264 g/mol. The molecule has 2 rings (SSSR count). The first kappa shape index (κ1) is 13.9. The normalized spacial score (nSPS) is 17.7. The summed E-state index contributed by atoms with van der Waals surface area (Å²) in [7, 11) is 0. The summed E-state index contributed by atoms with van der Waals surface area (Å²) in [6.07, 6.45) is 1.21. The Hall–Kier alpha value is -1.55. The molecule has 3 amide bonds. The van der Waals surface area contributed by atoms with Gasteiger partial charge in [-0.1, -0.05) is 37.6 Å². The van der Waals surface area contributed by atoms with Crippen molar-refractivity contribution in [1.29, 1.82) is 0 Å². The van der Waals surface area contributed by atoms with Crippen LogP contribution in [0.4, 0.5) is 4.79 Å². The molecule has 1 aromatic carbocycles. The number of nitrogens with one attached hydrogen (secondary N) is 1. The Labute approximate surface area is 117 Å². The van der Waals surface area contributed by atoms with Gasteiger partial charge in [-0.05, 0) is 30.5 Å². The summed E-state index contributed by atoms with van der Waals surface area (Å²) in [4.78, 5) is 25.6. The van der Waals surface area contributed by atoms with E-state index in [1.807, 2.05) is 26.0 Å². The molecule has 1 saturated heterocycles. The minimum absolute atomic E-state index is 0.198. The van der Waals surface area contributed by atoms with Gasteiger partial charge in [0.25, 0.3) is 5.91 Å². The molecular formula is C14H17ClN2O2. The van der Waals surface area contributed by atoms with Gasteiger partial charge in [-0.2, -0.15) is 0 Å². The fourth-order valence-electron chi connectivity index (χ4n) is 2.55. The minimum atomic E-state index is -0.725. The lowest BCUT2D eigenvalue weighted by Gasteiger charge is -2.33. The summed E-state index contributed by atoms with van der Waals surface area (Å²) >= 11 is 5.84. The van der Waals surface area contributed by atoms with Gasteiger partial charge in [0.15, 0.2) is 0 Å². The number of carbonyl (C=O) groups excluding carboxylic acids is 2. The lowest BCUT2D eigenvalue weighted by molar-refractivity contribution is -0.127. The summed E-state index contributed by atoms with van der Waals surface area (Å²) in [5.74, 6) is -0.198. The number of halogens is 1. The number of urea groups is 1. The number of imide groups is 1. The molecule has 0 spiro atoms. The maximum Gasteiger partial charge on any atom is 0.325 e. The lowest BCUT2D eigenvalue weighted by Crippen LogP contribution is -2.48. The molecule has 1 heterocycles. The number of nitrogens with zero attached hydrogens (tertiary/aromatic N) is 1. The Balaban J connectivity index is 2.28. The van der Waals surface area contributed by atoms with Crippen molar-refractivity contribution in [1.82, 2.24) is 10.2 Å². The number of hydrogen-bond donors (Lipinski definition) is 1. The molecule has 0 aromatic heterocycles. The first-order valence-corrected chi connectivity index (χ1v) is 6.78. The first-order chi connectivity index (χ1) is 9.03. The molecule has 1 fully saturated rings. The second-order valence-electron chi connectivity index (χ2n) is 4.71. The van der Waals surface area contributed by atoms with E-state index in [1.165, 1.54) is 0 Å². The van der Waals surface area contributed by atoms with Crippen LogP contribution in [-0.2, 0) is 11.3 Å². The van der Waals surface area contributed by atoms with Crippen molar-refractivity contribution in [3.05, 3.63) is 34.9 Å². The van der Waals surface area contributed by atoms with E-state index in [2.05, 4.69) is 5.32 Å². The fraction of sp³-hybridized carbons (Fsp3) is 0.429. The van der Waals surface area contributed by atoms with E-state index >= 15 is 0 Å². The van der Waals surface area contributed by atoms with Crippen LogP contribution in [0.15, 0.2) is 24.3 Å². The van der Waals surface area contributed by atoms with Crippen LogP contribution in [0, 0.1) is 0 Å². The van der Waals surface area contributed by atoms with Gasteiger partial charge in [-0.25, -0.2) is 4.79 Å².